The van der Waals surface area contributed by atoms with E-state index in [-0.39, 0.29) is 22.0 Å². The summed E-state index contributed by atoms with van der Waals surface area (Å²) in [6.07, 6.45) is 0. The van der Waals surface area contributed by atoms with Gasteiger partial charge >= 0.3 is 0 Å². The summed E-state index contributed by atoms with van der Waals surface area (Å²) in [5.41, 5.74) is 5.43. The molecule has 0 fully saturated rings. The highest BCUT2D eigenvalue weighted by Crippen LogP contribution is 2.26. The number of nitrogens with zero attached hydrogens (tertiary/aromatic N) is 1. The molecule has 0 atom stereocenters. The Hall–Kier alpha value is -2.28. The van der Waals surface area contributed by atoms with Crippen molar-refractivity contribution in [1.29, 1.82) is 0 Å². The number of nitrogen functional groups attached to an aromatic ring is 1. The molecule has 0 aliphatic rings. The van der Waals surface area contributed by atoms with Gasteiger partial charge in [-0.3, -0.25) is 4.31 Å². The van der Waals surface area contributed by atoms with Gasteiger partial charge in [0.1, 0.15) is 11.6 Å². The van der Waals surface area contributed by atoms with Crippen LogP contribution in [0.4, 0.5) is 15.8 Å². The Labute approximate surface area is 116 Å². The van der Waals surface area contributed by atoms with Gasteiger partial charge in [0.25, 0.3) is 10.0 Å². The molecule has 0 radical (unpaired) electrons. The van der Waals surface area contributed by atoms with Gasteiger partial charge in [0.05, 0.1) is 16.3 Å². The Kier molecular flexibility index (Phi) is 3.54. The van der Waals surface area contributed by atoms with Gasteiger partial charge in [-0.25, -0.2) is 12.8 Å². The monoisotopic (exact) mass is 296 g/mol. The maximum Gasteiger partial charge on any atom is 0.264 e. The van der Waals surface area contributed by atoms with Crippen LogP contribution in [0.5, 0.6) is 5.75 Å². The van der Waals surface area contributed by atoms with E-state index in [0.717, 1.165) is 22.5 Å². The number of hydrogen-bond donors (Lipinski definition) is 2. The third-order valence-electron chi connectivity index (χ3n) is 2.82. The Morgan fingerprint density at radius 1 is 1.20 bits per heavy atom. The number of anilines is 2. The predicted octanol–water partition coefficient (Wildman–Crippen LogP) is 1.94. The zero-order chi connectivity index (χ0) is 14.9. The lowest BCUT2D eigenvalue weighted by atomic mass is 10.3. The van der Waals surface area contributed by atoms with Crippen molar-refractivity contribution in [2.75, 3.05) is 17.1 Å². The largest absolute Gasteiger partial charge is 0.508 e. The van der Waals surface area contributed by atoms with E-state index in [9.17, 15) is 17.9 Å². The Balaban J connectivity index is 2.46. The molecule has 2 aromatic rings. The molecule has 2 rings (SSSR count). The van der Waals surface area contributed by atoms with Gasteiger partial charge in [0.15, 0.2) is 0 Å². The maximum absolute atomic E-state index is 13.1. The summed E-state index contributed by atoms with van der Waals surface area (Å²) < 4.78 is 38.8. The second-order valence-corrected chi connectivity index (χ2v) is 6.14. The van der Waals surface area contributed by atoms with Crippen LogP contribution in [0.3, 0.4) is 0 Å². The number of rotatable bonds is 3. The highest BCUT2D eigenvalue weighted by Gasteiger charge is 2.22. The lowest BCUT2D eigenvalue weighted by Crippen LogP contribution is -2.26. The average molecular weight is 296 g/mol. The fourth-order valence-corrected chi connectivity index (χ4v) is 2.89. The molecule has 106 valence electrons. The Morgan fingerprint density at radius 3 is 2.50 bits per heavy atom. The van der Waals surface area contributed by atoms with Crippen molar-refractivity contribution >= 4 is 21.4 Å². The number of nitrogens with two attached hydrogens (primary N) is 1. The van der Waals surface area contributed by atoms with Crippen molar-refractivity contribution in [2.45, 2.75) is 4.90 Å². The third kappa shape index (κ3) is 2.53. The molecule has 0 spiro atoms. The van der Waals surface area contributed by atoms with Crippen LogP contribution in [0.15, 0.2) is 47.4 Å². The molecule has 0 aliphatic carbocycles. The topological polar surface area (TPSA) is 83.6 Å². The van der Waals surface area contributed by atoms with Crippen molar-refractivity contribution < 1.29 is 17.9 Å². The van der Waals surface area contributed by atoms with E-state index in [1.165, 1.54) is 31.3 Å². The minimum Gasteiger partial charge on any atom is -0.508 e. The molecule has 0 aromatic heterocycles. The van der Waals surface area contributed by atoms with E-state index in [1.54, 1.807) is 0 Å². The lowest BCUT2D eigenvalue weighted by molar-refractivity contribution is 0.475. The van der Waals surface area contributed by atoms with Crippen LogP contribution >= 0.6 is 0 Å². The number of hydrogen-bond acceptors (Lipinski definition) is 4. The molecule has 5 nitrogen and oxygen atoms in total. The molecule has 0 unspecified atom stereocenters. The number of phenols is 1. The van der Waals surface area contributed by atoms with Crippen molar-refractivity contribution in [3.63, 3.8) is 0 Å². The average Bonchev–Trinajstić information content (AvgIpc) is 2.40. The van der Waals surface area contributed by atoms with Gasteiger partial charge in [-0.15, -0.1) is 0 Å². The second kappa shape index (κ2) is 5.01. The highest BCUT2D eigenvalue weighted by molar-refractivity contribution is 7.92. The van der Waals surface area contributed by atoms with Gasteiger partial charge < -0.3 is 10.8 Å². The Morgan fingerprint density at radius 2 is 1.90 bits per heavy atom. The van der Waals surface area contributed by atoms with E-state index in [1.807, 2.05) is 0 Å². The summed E-state index contributed by atoms with van der Waals surface area (Å²) in [5, 5.41) is 9.39. The van der Waals surface area contributed by atoms with Crippen LogP contribution in [-0.4, -0.2) is 20.6 Å². The summed E-state index contributed by atoms with van der Waals surface area (Å²) in [6, 6.07) is 8.99. The number of sulfonamides is 1. The van der Waals surface area contributed by atoms with Crippen LogP contribution in [0.1, 0.15) is 0 Å². The third-order valence-corrected chi connectivity index (χ3v) is 4.60. The first-order chi connectivity index (χ1) is 9.32. The van der Waals surface area contributed by atoms with Crippen LogP contribution < -0.4 is 10.0 Å². The normalized spacial score (nSPS) is 11.3. The fraction of sp³-hybridized carbons (Fsp3) is 0.0769. The molecular formula is C13H13FN2O3S. The van der Waals surface area contributed by atoms with Crippen LogP contribution in [0.2, 0.25) is 0 Å². The first-order valence-electron chi connectivity index (χ1n) is 5.65. The summed E-state index contributed by atoms with van der Waals surface area (Å²) >= 11 is 0. The minimum atomic E-state index is -3.87. The molecule has 0 saturated carbocycles. The van der Waals surface area contributed by atoms with Crippen LogP contribution in [-0.2, 0) is 10.0 Å². The van der Waals surface area contributed by atoms with Gasteiger partial charge in [-0.05, 0) is 30.3 Å². The summed E-state index contributed by atoms with van der Waals surface area (Å²) in [4.78, 5) is -0.123. The van der Waals surface area contributed by atoms with E-state index < -0.39 is 15.8 Å². The van der Waals surface area contributed by atoms with Crippen molar-refractivity contribution in [1.82, 2.24) is 0 Å². The van der Waals surface area contributed by atoms with E-state index in [4.69, 9.17) is 5.73 Å². The molecule has 2 aromatic carbocycles. The zero-order valence-corrected chi connectivity index (χ0v) is 11.4. The molecule has 0 amide bonds. The van der Waals surface area contributed by atoms with Gasteiger partial charge in [-0.2, -0.15) is 0 Å². The summed E-state index contributed by atoms with van der Waals surface area (Å²) in [7, 11) is -2.54. The van der Waals surface area contributed by atoms with E-state index in [2.05, 4.69) is 0 Å². The van der Waals surface area contributed by atoms with Crippen molar-refractivity contribution in [3.05, 3.63) is 48.3 Å². The molecule has 0 aliphatic heterocycles. The number of phenolic OH excluding ortho intramolecular Hbond substituents is 1. The van der Waals surface area contributed by atoms with Gasteiger partial charge in [0.2, 0.25) is 0 Å². The molecule has 0 bridgehead atoms. The fourth-order valence-electron chi connectivity index (χ4n) is 1.67. The number of aromatic hydroxyl groups is 1. The predicted molar refractivity (Wildman–Crippen MR) is 74.5 cm³/mol. The van der Waals surface area contributed by atoms with Crippen molar-refractivity contribution in [3.8, 4) is 5.75 Å². The van der Waals surface area contributed by atoms with E-state index >= 15 is 0 Å². The molecule has 0 saturated heterocycles. The quantitative estimate of drug-likeness (QED) is 0.848. The standard InChI is InChI=1S/C13H13FN2O3S/c1-16(9-3-2-4-10(17)7-9)20(18,19)11-5-6-12(14)13(15)8-11/h2-8,17H,15H2,1H3. The number of halogens is 1. The van der Waals surface area contributed by atoms with E-state index in [0.29, 0.717) is 0 Å². The highest BCUT2D eigenvalue weighted by atomic mass is 32.2. The SMILES string of the molecule is CN(c1cccc(O)c1)S(=O)(=O)c1ccc(F)c(N)c1. The van der Waals surface area contributed by atoms with Crippen LogP contribution in [0.25, 0.3) is 0 Å². The smallest absolute Gasteiger partial charge is 0.264 e. The first-order valence-corrected chi connectivity index (χ1v) is 7.09. The minimum absolute atomic E-state index is 0.0526. The molecule has 0 heterocycles. The van der Waals surface area contributed by atoms with Gasteiger partial charge in [0, 0.05) is 13.1 Å². The summed E-state index contributed by atoms with van der Waals surface area (Å²) in [6.45, 7) is 0. The first kappa shape index (κ1) is 14.1. The molecular weight excluding hydrogens is 283 g/mol. The summed E-state index contributed by atoms with van der Waals surface area (Å²) in [5.74, 6) is -0.730. The lowest BCUT2D eigenvalue weighted by Gasteiger charge is -2.19. The maximum atomic E-state index is 13.1. The Bertz CT molecular complexity index is 747. The molecule has 7 heteroatoms. The molecule has 3 N–H and O–H groups in total. The zero-order valence-electron chi connectivity index (χ0n) is 10.6. The number of benzene rings is 2. The van der Waals surface area contributed by atoms with Crippen molar-refractivity contribution in [2.24, 2.45) is 0 Å². The van der Waals surface area contributed by atoms with Gasteiger partial charge in [-0.1, -0.05) is 6.07 Å². The second-order valence-electron chi connectivity index (χ2n) is 4.18. The van der Waals surface area contributed by atoms with Crippen LogP contribution in [0, 0.1) is 5.82 Å². The molecule has 20 heavy (non-hydrogen) atoms.